The van der Waals surface area contributed by atoms with E-state index in [1.165, 1.54) is 36.4 Å². The number of carbonyl (C=O) groups excluding carboxylic acids is 4. The van der Waals surface area contributed by atoms with Gasteiger partial charge >= 0.3 is 5.97 Å². The van der Waals surface area contributed by atoms with Crippen molar-refractivity contribution in [3.63, 3.8) is 0 Å². The summed E-state index contributed by atoms with van der Waals surface area (Å²) in [5, 5.41) is 13.2. The second-order valence-corrected chi connectivity index (χ2v) is 7.50. The molecule has 2 atom stereocenters. The number of hydrogen-bond acceptors (Lipinski definition) is 8. The average Bonchev–Trinajstić information content (AvgIpc) is 3.15. The van der Waals surface area contributed by atoms with Crippen molar-refractivity contribution in [3.05, 3.63) is 99.6 Å². The first-order valence-electron chi connectivity index (χ1n) is 10.1. The van der Waals surface area contributed by atoms with Gasteiger partial charge < -0.3 is 15.8 Å². The number of ketones is 2. The lowest BCUT2D eigenvalue weighted by Gasteiger charge is -2.21. The lowest BCUT2D eigenvalue weighted by molar-refractivity contribution is -0.384. The number of amides is 1. The molecule has 34 heavy (non-hydrogen) atoms. The monoisotopic (exact) mass is 459 g/mol. The number of nitrogen functional groups attached to an aromatic ring is 1. The number of nitro benzene ring substituents is 1. The highest BCUT2D eigenvalue weighted by molar-refractivity contribution is 6.45. The molecule has 3 aromatic carbocycles. The van der Waals surface area contributed by atoms with Crippen LogP contribution < -0.4 is 11.1 Å². The number of rotatable bonds is 7. The smallest absolute Gasteiger partial charge is 0.339 e. The Balaban J connectivity index is 1.68. The maximum atomic E-state index is 13.4. The molecule has 10 heteroatoms. The van der Waals surface area contributed by atoms with Gasteiger partial charge in [0.05, 0.1) is 10.5 Å². The fraction of sp³-hybridized carbons (Fsp3) is 0.0833. The summed E-state index contributed by atoms with van der Waals surface area (Å²) in [6, 6.07) is 17.0. The third kappa shape index (κ3) is 4.24. The lowest BCUT2D eigenvalue weighted by Crippen LogP contribution is -2.38. The molecule has 4 rings (SSSR count). The van der Waals surface area contributed by atoms with E-state index < -0.39 is 40.4 Å². The minimum Gasteiger partial charge on any atom is -0.453 e. The number of nitro groups is 1. The van der Waals surface area contributed by atoms with E-state index in [9.17, 15) is 29.3 Å². The largest absolute Gasteiger partial charge is 0.453 e. The summed E-state index contributed by atoms with van der Waals surface area (Å²) in [5.74, 6) is -5.41. The molecule has 1 aliphatic heterocycles. The van der Waals surface area contributed by atoms with Gasteiger partial charge in [-0.1, -0.05) is 30.3 Å². The third-order valence-corrected chi connectivity index (χ3v) is 5.32. The maximum Gasteiger partial charge on any atom is 0.339 e. The third-order valence-electron chi connectivity index (χ3n) is 5.32. The number of anilines is 2. The molecule has 1 heterocycles. The Hall–Kier alpha value is -4.86. The minimum absolute atomic E-state index is 0.0712. The average molecular weight is 459 g/mol. The molecule has 3 N–H and O–H groups in total. The van der Waals surface area contributed by atoms with Crippen molar-refractivity contribution in [3.8, 4) is 0 Å². The van der Waals surface area contributed by atoms with Crippen LogP contribution in [-0.4, -0.2) is 28.4 Å². The van der Waals surface area contributed by atoms with Crippen molar-refractivity contribution in [2.45, 2.75) is 6.10 Å². The van der Waals surface area contributed by atoms with Crippen LogP contribution in [0.1, 0.15) is 32.4 Å². The Bertz CT molecular complexity index is 1330. The SMILES string of the molecule is Nc1cccc(C(=O)C(C(=O)C(=O)Nc2ccc([N+](=O)[O-])cc2)C2OC(=O)c3ccccc32)c1. The summed E-state index contributed by atoms with van der Waals surface area (Å²) in [6.45, 7) is 0. The van der Waals surface area contributed by atoms with Gasteiger partial charge in [0.25, 0.3) is 11.6 Å². The van der Waals surface area contributed by atoms with Crippen LogP contribution in [0, 0.1) is 16.0 Å². The van der Waals surface area contributed by atoms with E-state index in [0.29, 0.717) is 5.56 Å². The highest BCUT2D eigenvalue weighted by Crippen LogP contribution is 2.38. The molecule has 0 bridgehead atoms. The van der Waals surface area contributed by atoms with Gasteiger partial charge in [-0.05, 0) is 30.3 Å². The van der Waals surface area contributed by atoms with Gasteiger partial charge in [-0.25, -0.2) is 4.79 Å². The molecule has 3 aromatic rings. The number of non-ortho nitro benzene ring substituents is 1. The van der Waals surface area contributed by atoms with Gasteiger partial charge in [-0.3, -0.25) is 24.5 Å². The van der Waals surface area contributed by atoms with Crippen molar-refractivity contribution < 1.29 is 28.8 Å². The fourth-order valence-electron chi connectivity index (χ4n) is 3.69. The summed E-state index contributed by atoms with van der Waals surface area (Å²) in [6.07, 6.45) is -1.31. The van der Waals surface area contributed by atoms with E-state index in [1.807, 2.05) is 0 Å². The minimum atomic E-state index is -1.67. The molecule has 0 saturated heterocycles. The molecule has 0 saturated carbocycles. The predicted octanol–water partition coefficient (Wildman–Crippen LogP) is 3.10. The highest BCUT2D eigenvalue weighted by Gasteiger charge is 2.46. The Morgan fingerprint density at radius 3 is 2.38 bits per heavy atom. The Morgan fingerprint density at radius 2 is 1.71 bits per heavy atom. The van der Waals surface area contributed by atoms with Crippen LogP contribution in [0.2, 0.25) is 0 Å². The molecule has 1 amide bonds. The van der Waals surface area contributed by atoms with Crippen molar-refractivity contribution in [2.75, 3.05) is 11.1 Å². The Kier molecular flexibility index (Phi) is 5.88. The Morgan fingerprint density at radius 1 is 1.00 bits per heavy atom. The normalized spacial score (nSPS) is 15.1. The van der Waals surface area contributed by atoms with Crippen molar-refractivity contribution in [1.29, 1.82) is 0 Å². The number of nitrogens with zero attached hydrogens (tertiary/aromatic N) is 1. The molecular formula is C24H17N3O7. The maximum absolute atomic E-state index is 13.4. The number of benzene rings is 3. The zero-order chi connectivity index (χ0) is 24.4. The molecule has 0 aliphatic carbocycles. The topological polar surface area (TPSA) is 159 Å². The van der Waals surface area contributed by atoms with Crippen LogP contribution in [-0.2, 0) is 14.3 Å². The number of nitrogens with two attached hydrogens (primary N) is 1. The summed E-state index contributed by atoms with van der Waals surface area (Å²) < 4.78 is 5.36. The molecule has 0 radical (unpaired) electrons. The van der Waals surface area contributed by atoms with Crippen LogP contribution in [0.5, 0.6) is 0 Å². The van der Waals surface area contributed by atoms with Crippen LogP contribution in [0.15, 0.2) is 72.8 Å². The molecule has 170 valence electrons. The first kappa shape index (κ1) is 22.3. The van der Waals surface area contributed by atoms with Gasteiger partial charge in [0, 0.05) is 34.6 Å². The number of carbonyl (C=O) groups is 4. The number of cyclic esters (lactones) is 1. The van der Waals surface area contributed by atoms with Gasteiger partial charge in [0.2, 0.25) is 5.78 Å². The molecule has 0 fully saturated rings. The van der Waals surface area contributed by atoms with Crippen molar-refractivity contribution in [2.24, 2.45) is 5.92 Å². The first-order valence-corrected chi connectivity index (χ1v) is 10.1. The number of esters is 1. The van der Waals surface area contributed by atoms with Gasteiger partial charge in [-0.15, -0.1) is 0 Å². The van der Waals surface area contributed by atoms with Gasteiger partial charge in [0.15, 0.2) is 5.78 Å². The molecule has 2 unspecified atom stereocenters. The standard InChI is InChI=1S/C24H17N3O7/c25-14-5-3-4-13(12-14)20(28)19(22-17-6-1-2-7-18(17)24(31)34-22)21(29)23(30)26-15-8-10-16(11-9-15)27(32)33/h1-12,19,22H,25H2,(H,26,30). The number of hydrogen-bond donors (Lipinski definition) is 2. The van der Waals surface area contributed by atoms with E-state index in [2.05, 4.69) is 5.32 Å². The van der Waals surface area contributed by atoms with Crippen molar-refractivity contribution >= 4 is 40.5 Å². The second kappa shape index (κ2) is 8.94. The van der Waals surface area contributed by atoms with Gasteiger partial charge in [0.1, 0.15) is 12.0 Å². The van der Waals surface area contributed by atoms with Crippen LogP contribution >= 0.6 is 0 Å². The summed E-state index contributed by atoms with van der Waals surface area (Å²) in [5.41, 5.74) is 6.54. The van der Waals surface area contributed by atoms with E-state index in [4.69, 9.17) is 10.5 Å². The van der Waals surface area contributed by atoms with Gasteiger partial charge in [-0.2, -0.15) is 0 Å². The van der Waals surface area contributed by atoms with Crippen LogP contribution in [0.3, 0.4) is 0 Å². The molecule has 0 spiro atoms. The predicted molar refractivity (Wildman–Crippen MR) is 120 cm³/mol. The lowest BCUT2D eigenvalue weighted by atomic mass is 9.84. The van der Waals surface area contributed by atoms with E-state index >= 15 is 0 Å². The van der Waals surface area contributed by atoms with E-state index in [-0.39, 0.29) is 28.2 Å². The second-order valence-electron chi connectivity index (χ2n) is 7.50. The zero-order valence-electron chi connectivity index (χ0n) is 17.5. The zero-order valence-corrected chi connectivity index (χ0v) is 17.5. The number of nitrogens with one attached hydrogen (secondary N) is 1. The highest BCUT2D eigenvalue weighted by atomic mass is 16.6. The molecular weight excluding hydrogens is 442 g/mol. The van der Waals surface area contributed by atoms with E-state index in [1.54, 1.807) is 24.3 Å². The molecule has 0 aromatic heterocycles. The number of ether oxygens (including phenoxy) is 1. The van der Waals surface area contributed by atoms with Crippen LogP contribution in [0.4, 0.5) is 17.1 Å². The first-order chi connectivity index (χ1) is 16.3. The molecule has 1 aliphatic rings. The van der Waals surface area contributed by atoms with Crippen molar-refractivity contribution in [1.82, 2.24) is 0 Å². The van der Waals surface area contributed by atoms with Crippen LogP contribution in [0.25, 0.3) is 0 Å². The van der Waals surface area contributed by atoms with E-state index in [0.717, 1.165) is 12.1 Å². The number of Topliss-reactive ketones (excluding diaryl/α,β-unsaturated/α-hetero) is 2. The Labute approximate surface area is 192 Å². The summed E-state index contributed by atoms with van der Waals surface area (Å²) in [4.78, 5) is 62.0. The number of fused-ring (bicyclic) bond motifs is 1. The summed E-state index contributed by atoms with van der Waals surface area (Å²) in [7, 11) is 0. The quantitative estimate of drug-likeness (QED) is 0.104. The summed E-state index contributed by atoms with van der Waals surface area (Å²) >= 11 is 0. The fourth-order valence-corrected chi connectivity index (χ4v) is 3.69. The molecule has 10 nitrogen and oxygen atoms in total.